The van der Waals surface area contributed by atoms with Gasteiger partial charge >= 0.3 is 0 Å². The lowest BCUT2D eigenvalue weighted by molar-refractivity contribution is 0.573. The van der Waals surface area contributed by atoms with E-state index in [4.69, 9.17) is 16.0 Å². The summed E-state index contributed by atoms with van der Waals surface area (Å²) < 4.78 is 5.55. The summed E-state index contributed by atoms with van der Waals surface area (Å²) in [6.07, 6.45) is 4.00. The Morgan fingerprint density at radius 1 is 1.30 bits per heavy atom. The third-order valence-electron chi connectivity index (χ3n) is 4.83. The van der Waals surface area contributed by atoms with Crippen LogP contribution in [0.3, 0.4) is 0 Å². The van der Waals surface area contributed by atoms with Gasteiger partial charge in [-0.05, 0) is 42.0 Å². The van der Waals surface area contributed by atoms with Crippen LogP contribution >= 0.6 is 22.9 Å². The van der Waals surface area contributed by atoms with Crippen LogP contribution in [0, 0.1) is 0 Å². The first-order valence-electron chi connectivity index (χ1n) is 8.87. The van der Waals surface area contributed by atoms with Gasteiger partial charge in [-0.3, -0.25) is 4.99 Å². The monoisotopic (exact) mass is 400 g/mol. The molecule has 4 rings (SSSR count). The van der Waals surface area contributed by atoms with Gasteiger partial charge in [0.15, 0.2) is 5.96 Å². The molecule has 5 nitrogen and oxygen atoms in total. The maximum atomic E-state index is 6.15. The first-order valence-corrected chi connectivity index (χ1v) is 10.1. The summed E-state index contributed by atoms with van der Waals surface area (Å²) in [4.78, 5) is 9.86. The van der Waals surface area contributed by atoms with E-state index >= 15 is 0 Å². The fourth-order valence-corrected chi connectivity index (χ4v) is 3.93. The second-order valence-electron chi connectivity index (χ2n) is 6.69. The van der Waals surface area contributed by atoms with Crippen molar-refractivity contribution < 1.29 is 4.42 Å². The zero-order valence-corrected chi connectivity index (χ0v) is 16.6. The number of aliphatic imine (C=N–C) groups is 1. The van der Waals surface area contributed by atoms with Crippen LogP contribution in [-0.2, 0) is 12.0 Å². The summed E-state index contributed by atoms with van der Waals surface area (Å²) in [5, 5.41) is 9.53. The zero-order valence-electron chi connectivity index (χ0n) is 15.0. The van der Waals surface area contributed by atoms with Gasteiger partial charge in [-0.25, -0.2) is 4.98 Å². The normalized spacial score (nSPS) is 15.6. The van der Waals surface area contributed by atoms with Gasteiger partial charge in [0.25, 0.3) is 0 Å². The van der Waals surface area contributed by atoms with Gasteiger partial charge in [-0.1, -0.05) is 29.8 Å². The molecular weight excluding hydrogens is 380 g/mol. The Hall–Kier alpha value is -2.31. The van der Waals surface area contributed by atoms with Crippen molar-refractivity contribution in [3.8, 4) is 10.8 Å². The van der Waals surface area contributed by atoms with Crippen LogP contribution in [0.1, 0.15) is 24.1 Å². The first-order chi connectivity index (χ1) is 13.2. The van der Waals surface area contributed by atoms with Gasteiger partial charge in [0.2, 0.25) is 5.89 Å². The van der Waals surface area contributed by atoms with Crippen LogP contribution in [0.15, 0.2) is 57.5 Å². The number of nitrogens with one attached hydrogen (secondary N) is 2. The Kier molecular flexibility index (Phi) is 5.18. The molecule has 0 atom stereocenters. The van der Waals surface area contributed by atoms with Crippen LogP contribution in [0.25, 0.3) is 10.8 Å². The van der Waals surface area contributed by atoms with Crippen LogP contribution < -0.4 is 10.6 Å². The first kappa shape index (κ1) is 18.1. The molecule has 0 radical (unpaired) electrons. The second-order valence-corrected chi connectivity index (χ2v) is 8.08. The van der Waals surface area contributed by atoms with Gasteiger partial charge in [-0.15, -0.1) is 11.3 Å². The number of benzene rings is 1. The Morgan fingerprint density at radius 3 is 2.89 bits per heavy atom. The molecule has 2 N–H and O–H groups in total. The van der Waals surface area contributed by atoms with E-state index in [1.54, 1.807) is 24.6 Å². The predicted molar refractivity (Wildman–Crippen MR) is 110 cm³/mol. The Balaban J connectivity index is 1.33. The molecule has 1 saturated carbocycles. The fourth-order valence-electron chi connectivity index (χ4n) is 3.09. The number of oxazole rings is 1. The van der Waals surface area contributed by atoms with E-state index in [0.29, 0.717) is 12.4 Å². The van der Waals surface area contributed by atoms with Crippen molar-refractivity contribution in [2.45, 2.75) is 24.8 Å². The van der Waals surface area contributed by atoms with Gasteiger partial charge in [0, 0.05) is 24.0 Å². The van der Waals surface area contributed by atoms with Crippen molar-refractivity contribution in [1.82, 2.24) is 15.6 Å². The van der Waals surface area contributed by atoms with Gasteiger partial charge in [0.05, 0.1) is 17.1 Å². The van der Waals surface area contributed by atoms with Crippen LogP contribution in [0.4, 0.5) is 0 Å². The van der Waals surface area contributed by atoms with Gasteiger partial charge in [-0.2, -0.15) is 0 Å². The molecule has 0 saturated heterocycles. The van der Waals surface area contributed by atoms with E-state index in [-0.39, 0.29) is 5.41 Å². The molecule has 0 spiro atoms. The quantitative estimate of drug-likeness (QED) is 0.474. The molecule has 1 aliphatic carbocycles. The maximum Gasteiger partial charge on any atom is 0.236 e. The van der Waals surface area contributed by atoms with Crippen molar-refractivity contribution in [3.63, 3.8) is 0 Å². The molecule has 27 heavy (non-hydrogen) atoms. The number of hydrogen-bond acceptors (Lipinski definition) is 4. The fraction of sp³-hybridized carbons (Fsp3) is 0.300. The Bertz CT molecular complexity index is 931. The molecule has 2 heterocycles. The third kappa shape index (κ3) is 4.17. The standard InChI is InChI=1S/C20H21ClN4OS/c1-22-19(23-11-16-12-26-18(25-16)17-6-3-9-27-17)24-13-20(7-8-20)14-4-2-5-15(21)10-14/h2-6,9-10,12H,7-8,11,13H2,1H3,(H2,22,23,24). The van der Waals surface area contributed by atoms with E-state index in [1.807, 2.05) is 29.6 Å². The second kappa shape index (κ2) is 7.74. The molecule has 3 aromatic rings. The van der Waals surface area contributed by atoms with E-state index < -0.39 is 0 Å². The molecule has 0 aliphatic heterocycles. The summed E-state index contributed by atoms with van der Waals surface area (Å²) in [6, 6.07) is 12.1. The molecule has 2 aromatic heterocycles. The highest BCUT2D eigenvalue weighted by Crippen LogP contribution is 2.48. The van der Waals surface area contributed by atoms with Crippen molar-refractivity contribution in [2.24, 2.45) is 4.99 Å². The third-order valence-corrected chi connectivity index (χ3v) is 5.92. The predicted octanol–water partition coefficient (Wildman–Crippen LogP) is 4.45. The van der Waals surface area contributed by atoms with Crippen LogP contribution in [0.2, 0.25) is 5.02 Å². The van der Waals surface area contributed by atoms with Crippen LogP contribution in [0.5, 0.6) is 0 Å². The largest absolute Gasteiger partial charge is 0.443 e. The topological polar surface area (TPSA) is 62.5 Å². The summed E-state index contributed by atoms with van der Waals surface area (Å²) >= 11 is 7.77. The smallest absolute Gasteiger partial charge is 0.236 e. The molecule has 0 bridgehead atoms. The number of thiophene rings is 1. The lowest BCUT2D eigenvalue weighted by Gasteiger charge is -2.19. The zero-order chi connectivity index (χ0) is 18.7. The van der Waals surface area contributed by atoms with Gasteiger partial charge < -0.3 is 15.1 Å². The SMILES string of the molecule is CN=C(NCc1coc(-c2cccs2)n1)NCC1(c2cccc(Cl)c2)CC1. The average Bonchev–Trinajstić information content (AvgIpc) is 3.08. The molecular formula is C20H21ClN4OS. The highest BCUT2D eigenvalue weighted by Gasteiger charge is 2.44. The lowest BCUT2D eigenvalue weighted by Crippen LogP contribution is -2.40. The van der Waals surface area contributed by atoms with Crippen molar-refractivity contribution in [2.75, 3.05) is 13.6 Å². The lowest BCUT2D eigenvalue weighted by atomic mass is 9.96. The highest BCUT2D eigenvalue weighted by molar-refractivity contribution is 7.13. The number of halogens is 1. The molecule has 1 aromatic carbocycles. The van der Waals surface area contributed by atoms with E-state index in [9.17, 15) is 0 Å². The summed E-state index contributed by atoms with van der Waals surface area (Å²) in [6.45, 7) is 1.38. The van der Waals surface area contributed by atoms with Crippen LogP contribution in [-0.4, -0.2) is 24.5 Å². The Labute approximate surface area is 167 Å². The molecule has 1 aliphatic rings. The molecule has 1 fully saturated rings. The minimum absolute atomic E-state index is 0.156. The van der Waals surface area contributed by atoms with Gasteiger partial charge in [0.1, 0.15) is 6.26 Å². The summed E-state index contributed by atoms with van der Waals surface area (Å²) in [5.41, 5.74) is 2.29. The van der Waals surface area contributed by atoms with E-state index in [1.165, 1.54) is 5.56 Å². The molecule has 0 amide bonds. The van der Waals surface area contributed by atoms with Crippen molar-refractivity contribution in [1.29, 1.82) is 0 Å². The molecule has 7 heteroatoms. The van der Waals surface area contributed by atoms with Crippen molar-refractivity contribution in [3.05, 3.63) is 64.3 Å². The number of aromatic nitrogens is 1. The molecule has 140 valence electrons. The van der Waals surface area contributed by atoms with Crippen molar-refractivity contribution >= 4 is 28.9 Å². The molecule has 0 unspecified atom stereocenters. The number of guanidine groups is 1. The number of hydrogen-bond donors (Lipinski definition) is 2. The van der Waals surface area contributed by atoms with E-state index in [2.05, 4.69) is 32.7 Å². The van der Waals surface area contributed by atoms with E-state index in [0.717, 1.165) is 40.9 Å². The summed E-state index contributed by atoms with van der Waals surface area (Å²) in [7, 11) is 1.77. The highest BCUT2D eigenvalue weighted by atomic mass is 35.5. The minimum Gasteiger partial charge on any atom is -0.443 e. The average molecular weight is 401 g/mol. The Morgan fingerprint density at radius 2 is 2.19 bits per heavy atom. The maximum absolute atomic E-state index is 6.15. The number of nitrogens with zero attached hydrogens (tertiary/aromatic N) is 2. The number of rotatable bonds is 6. The summed E-state index contributed by atoms with van der Waals surface area (Å²) in [5.74, 6) is 1.41. The minimum atomic E-state index is 0.156.